The third-order valence-corrected chi connectivity index (χ3v) is 3.12. The summed E-state index contributed by atoms with van der Waals surface area (Å²) >= 11 is 0. The van der Waals surface area contributed by atoms with Gasteiger partial charge in [-0.1, -0.05) is 31.4 Å². The van der Waals surface area contributed by atoms with Gasteiger partial charge in [-0.15, -0.1) is 0 Å². The Bertz CT molecular complexity index is 360. The average molecular weight is 233 g/mol. The number of ketones is 1. The minimum atomic E-state index is -0.0260. The Hall–Kier alpha value is -1.64. The first-order valence-electron chi connectivity index (χ1n) is 5.85. The Kier molecular flexibility index (Phi) is 4.88. The number of hydrogen-bond donors (Lipinski definition) is 0. The van der Waals surface area contributed by atoms with Gasteiger partial charge in [0, 0.05) is 24.6 Å². The van der Waals surface area contributed by atoms with Crippen LogP contribution in [-0.4, -0.2) is 29.7 Å². The lowest BCUT2D eigenvalue weighted by Gasteiger charge is -2.31. The largest absolute Gasteiger partial charge is 0.339 e. The molecular formula is C14H19NO2. The van der Waals surface area contributed by atoms with Crippen LogP contribution in [0.2, 0.25) is 0 Å². The van der Waals surface area contributed by atoms with Gasteiger partial charge in [0.25, 0.3) is 5.91 Å². The van der Waals surface area contributed by atoms with Crippen molar-refractivity contribution in [2.45, 2.75) is 19.8 Å². The van der Waals surface area contributed by atoms with Crippen LogP contribution in [0.15, 0.2) is 37.0 Å². The second-order valence-corrected chi connectivity index (χ2v) is 4.24. The predicted molar refractivity (Wildman–Crippen MR) is 68.5 cm³/mol. The van der Waals surface area contributed by atoms with E-state index < -0.39 is 0 Å². The van der Waals surface area contributed by atoms with Gasteiger partial charge in [0.05, 0.1) is 0 Å². The van der Waals surface area contributed by atoms with E-state index >= 15 is 0 Å². The van der Waals surface area contributed by atoms with E-state index in [4.69, 9.17) is 0 Å². The summed E-state index contributed by atoms with van der Waals surface area (Å²) in [7, 11) is 0. The maximum absolute atomic E-state index is 12.0. The van der Waals surface area contributed by atoms with Crippen LogP contribution in [0.1, 0.15) is 19.8 Å². The van der Waals surface area contributed by atoms with Gasteiger partial charge >= 0.3 is 0 Å². The molecule has 0 N–H and O–H groups in total. The normalized spacial score (nSPS) is 17.7. The number of amides is 1. The number of rotatable bonds is 4. The number of hydrogen-bond acceptors (Lipinski definition) is 2. The maximum Gasteiger partial charge on any atom is 0.253 e. The highest BCUT2D eigenvalue weighted by molar-refractivity contribution is 5.96. The lowest BCUT2D eigenvalue weighted by atomic mass is 9.93. The lowest BCUT2D eigenvalue weighted by molar-refractivity contribution is -0.131. The highest BCUT2D eigenvalue weighted by atomic mass is 16.2. The third kappa shape index (κ3) is 3.41. The van der Waals surface area contributed by atoms with Gasteiger partial charge in [0.1, 0.15) is 5.78 Å². The van der Waals surface area contributed by atoms with Crippen molar-refractivity contribution in [1.29, 1.82) is 0 Å². The van der Waals surface area contributed by atoms with Gasteiger partial charge in [-0.3, -0.25) is 9.59 Å². The van der Waals surface area contributed by atoms with Crippen molar-refractivity contribution in [2.24, 2.45) is 5.92 Å². The lowest BCUT2D eigenvalue weighted by Crippen LogP contribution is -2.40. The van der Waals surface area contributed by atoms with Crippen molar-refractivity contribution in [3.05, 3.63) is 37.0 Å². The molecule has 0 aliphatic carbocycles. The highest BCUT2D eigenvalue weighted by Gasteiger charge is 2.25. The Morgan fingerprint density at radius 2 is 1.82 bits per heavy atom. The van der Waals surface area contributed by atoms with Crippen molar-refractivity contribution in [2.75, 3.05) is 13.1 Å². The number of nitrogens with zero attached hydrogens (tertiary/aromatic N) is 1. The zero-order valence-electron chi connectivity index (χ0n) is 10.3. The maximum atomic E-state index is 12.0. The molecule has 1 aliphatic rings. The summed E-state index contributed by atoms with van der Waals surface area (Å²) in [6, 6.07) is 0. The second-order valence-electron chi connectivity index (χ2n) is 4.24. The summed E-state index contributed by atoms with van der Waals surface area (Å²) < 4.78 is 0. The Morgan fingerprint density at radius 1 is 1.24 bits per heavy atom. The van der Waals surface area contributed by atoms with Gasteiger partial charge in [0.15, 0.2) is 0 Å². The zero-order chi connectivity index (χ0) is 12.8. The van der Waals surface area contributed by atoms with E-state index in [1.165, 1.54) is 0 Å². The zero-order valence-corrected chi connectivity index (χ0v) is 10.3. The number of carbonyl (C=O) groups excluding carboxylic acids is 2. The molecule has 0 radical (unpaired) electrons. The van der Waals surface area contributed by atoms with Crippen molar-refractivity contribution in [3.8, 4) is 0 Å². The molecule has 1 rings (SSSR count). The van der Waals surface area contributed by atoms with E-state index in [2.05, 4.69) is 13.2 Å². The van der Waals surface area contributed by atoms with Crippen molar-refractivity contribution in [3.63, 3.8) is 0 Å². The molecule has 0 aromatic heterocycles. The second kappa shape index (κ2) is 6.18. The number of Topliss-reactive ketones (excluding diaryl/α,β-unsaturated/α-hetero) is 1. The van der Waals surface area contributed by atoms with Crippen LogP contribution < -0.4 is 0 Å². The number of likely N-dealkylation sites (tertiary alicyclic amines) is 1. The van der Waals surface area contributed by atoms with Gasteiger partial charge in [-0.25, -0.2) is 0 Å². The molecule has 0 aromatic carbocycles. The van der Waals surface area contributed by atoms with Gasteiger partial charge in [-0.2, -0.15) is 0 Å². The topological polar surface area (TPSA) is 37.4 Å². The minimum Gasteiger partial charge on any atom is -0.339 e. The van der Waals surface area contributed by atoms with E-state index in [9.17, 15) is 9.59 Å². The summed E-state index contributed by atoms with van der Waals surface area (Å²) in [6.45, 7) is 10.1. The molecule has 0 saturated carbocycles. The van der Waals surface area contributed by atoms with Crippen molar-refractivity contribution >= 4 is 11.7 Å². The Labute approximate surface area is 102 Å². The van der Waals surface area contributed by atoms with Crippen LogP contribution in [0.4, 0.5) is 0 Å². The molecule has 0 bridgehead atoms. The number of carbonyl (C=O) groups is 2. The van der Waals surface area contributed by atoms with Crippen LogP contribution in [0.5, 0.6) is 0 Å². The quantitative estimate of drug-likeness (QED) is 0.551. The van der Waals surface area contributed by atoms with Crippen LogP contribution in [0, 0.1) is 5.92 Å². The molecule has 1 aliphatic heterocycles. The molecule has 1 saturated heterocycles. The predicted octanol–water partition coefficient (Wildman–Crippen LogP) is 2.11. The average Bonchev–Trinajstić information content (AvgIpc) is 2.35. The molecule has 1 amide bonds. The fourth-order valence-corrected chi connectivity index (χ4v) is 2.03. The van der Waals surface area contributed by atoms with Crippen LogP contribution in [0.3, 0.4) is 0 Å². The molecule has 0 aromatic rings. The molecule has 1 heterocycles. The summed E-state index contributed by atoms with van der Waals surface area (Å²) in [4.78, 5) is 25.0. The van der Waals surface area contributed by atoms with Crippen molar-refractivity contribution < 1.29 is 9.59 Å². The fraction of sp³-hybridized carbons (Fsp3) is 0.429. The number of piperidine rings is 1. The van der Waals surface area contributed by atoms with Crippen LogP contribution in [0.25, 0.3) is 0 Å². The van der Waals surface area contributed by atoms with Gasteiger partial charge < -0.3 is 4.90 Å². The molecule has 3 nitrogen and oxygen atoms in total. The molecule has 17 heavy (non-hydrogen) atoms. The Morgan fingerprint density at radius 3 is 2.24 bits per heavy atom. The van der Waals surface area contributed by atoms with Crippen LogP contribution >= 0.6 is 0 Å². The smallest absolute Gasteiger partial charge is 0.253 e. The molecule has 92 valence electrons. The highest BCUT2D eigenvalue weighted by Crippen LogP contribution is 2.19. The summed E-state index contributed by atoms with van der Waals surface area (Å²) in [5.41, 5.74) is 0.557. The molecule has 0 atom stereocenters. The number of allylic oxidation sites excluding steroid dienone is 2. The van der Waals surface area contributed by atoms with Crippen LogP contribution in [-0.2, 0) is 9.59 Å². The molecular weight excluding hydrogens is 214 g/mol. The third-order valence-electron chi connectivity index (χ3n) is 3.12. The van der Waals surface area contributed by atoms with E-state index in [0.29, 0.717) is 18.7 Å². The van der Waals surface area contributed by atoms with Gasteiger partial charge in [0.2, 0.25) is 0 Å². The Balaban J connectivity index is 2.62. The van der Waals surface area contributed by atoms with E-state index in [-0.39, 0.29) is 17.6 Å². The standard InChI is InChI=1S/C14H19NO2/c1-4-6-12(5-2)14(17)15-9-7-13(8-10-15)11(3)16/h4-6,13H,1-2,7-10H2,3H3/b12-6+. The SMILES string of the molecule is C=C/C=C(\C=C)C(=O)N1CCC(C(C)=O)CC1. The summed E-state index contributed by atoms with van der Waals surface area (Å²) in [5, 5.41) is 0. The molecule has 3 heteroatoms. The monoisotopic (exact) mass is 233 g/mol. The first kappa shape index (κ1) is 13.4. The van der Waals surface area contributed by atoms with E-state index in [1.54, 1.807) is 30.1 Å². The van der Waals surface area contributed by atoms with Gasteiger partial charge in [-0.05, 0) is 19.8 Å². The summed E-state index contributed by atoms with van der Waals surface area (Å²) in [5.74, 6) is 0.319. The minimum absolute atomic E-state index is 0.0260. The van der Waals surface area contributed by atoms with Crippen molar-refractivity contribution in [1.82, 2.24) is 4.90 Å². The van der Waals surface area contributed by atoms with E-state index in [1.807, 2.05) is 0 Å². The molecule has 0 unspecified atom stereocenters. The molecule has 0 spiro atoms. The first-order chi connectivity index (χ1) is 8.10. The fourth-order valence-electron chi connectivity index (χ4n) is 2.03. The van der Waals surface area contributed by atoms with E-state index in [0.717, 1.165) is 12.8 Å². The molecule has 1 fully saturated rings. The summed E-state index contributed by atoms with van der Waals surface area (Å²) in [6.07, 6.45) is 6.31. The first-order valence-corrected chi connectivity index (χ1v) is 5.85.